The lowest BCUT2D eigenvalue weighted by Gasteiger charge is -2.40. The molecule has 0 aliphatic carbocycles. The van der Waals surface area contributed by atoms with E-state index in [1.807, 2.05) is 0 Å². The maximum atomic E-state index is 13.4. The Labute approximate surface area is 98.2 Å². The molecular formula is C10H16FN3O3. The Morgan fingerprint density at radius 2 is 2.35 bits per heavy atom. The van der Waals surface area contributed by atoms with E-state index in [0.717, 1.165) is 6.42 Å². The highest BCUT2D eigenvalue weighted by molar-refractivity contribution is 5.75. The minimum absolute atomic E-state index is 0.00950. The van der Waals surface area contributed by atoms with Gasteiger partial charge < -0.3 is 14.9 Å². The van der Waals surface area contributed by atoms with E-state index in [2.05, 4.69) is 16.4 Å². The van der Waals surface area contributed by atoms with E-state index in [1.165, 1.54) is 0 Å². The Morgan fingerprint density at radius 1 is 1.65 bits per heavy atom. The van der Waals surface area contributed by atoms with E-state index >= 15 is 0 Å². The molecule has 6 nitrogen and oxygen atoms in total. The third-order valence-electron chi connectivity index (χ3n) is 3.59. The summed E-state index contributed by atoms with van der Waals surface area (Å²) >= 11 is 0. The van der Waals surface area contributed by atoms with Crippen molar-refractivity contribution in [2.45, 2.75) is 36.9 Å². The lowest BCUT2D eigenvalue weighted by atomic mass is 9.90. The Hall–Kier alpha value is -1.05. The molecule has 2 aliphatic rings. The molecule has 0 aromatic carbocycles. The summed E-state index contributed by atoms with van der Waals surface area (Å²) in [6.07, 6.45) is 0.0479. The molecule has 3 N–H and O–H groups in total. The van der Waals surface area contributed by atoms with Gasteiger partial charge in [0.25, 0.3) is 0 Å². The van der Waals surface area contributed by atoms with Gasteiger partial charge in [0.15, 0.2) is 0 Å². The lowest BCUT2D eigenvalue weighted by molar-refractivity contribution is -0.355. The lowest BCUT2D eigenvalue weighted by Crippen LogP contribution is -2.60. The standard InChI is InChI=1S/C10H16FN3O3/c1-13-8(12)17-10(15,16)9-3-2-4-14(9)6-7(11)5-9/h7,12,15-16H,1-6H2/t7?,9-/m0/s1. The van der Waals surface area contributed by atoms with Gasteiger partial charge in [0, 0.05) is 13.0 Å². The molecule has 0 spiro atoms. The van der Waals surface area contributed by atoms with Crippen LogP contribution >= 0.6 is 0 Å². The number of alkyl halides is 1. The van der Waals surface area contributed by atoms with Crippen molar-refractivity contribution < 1.29 is 19.3 Å². The van der Waals surface area contributed by atoms with Crippen LogP contribution in [0.3, 0.4) is 0 Å². The molecule has 96 valence electrons. The van der Waals surface area contributed by atoms with E-state index in [0.29, 0.717) is 13.0 Å². The predicted molar refractivity (Wildman–Crippen MR) is 58.6 cm³/mol. The van der Waals surface area contributed by atoms with Gasteiger partial charge in [-0.2, -0.15) is 0 Å². The number of amidine groups is 1. The molecule has 0 radical (unpaired) electrons. The van der Waals surface area contributed by atoms with Crippen molar-refractivity contribution in [2.75, 3.05) is 13.1 Å². The van der Waals surface area contributed by atoms with Crippen LogP contribution < -0.4 is 0 Å². The van der Waals surface area contributed by atoms with Crippen LogP contribution in [0.5, 0.6) is 0 Å². The van der Waals surface area contributed by atoms with Crippen molar-refractivity contribution in [3.8, 4) is 0 Å². The average molecular weight is 245 g/mol. The van der Waals surface area contributed by atoms with Crippen LogP contribution in [0.2, 0.25) is 0 Å². The summed E-state index contributed by atoms with van der Waals surface area (Å²) in [5.74, 6) is -2.61. The van der Waals surface area contributed by atoms with Crippen molar-refractivity contribution in [1.29, 1.82) is 5.41 Å². The van der Waals surface area contributed by atoms with E-state index < -0.39 is 23.7 Å². The number of nitrogens with one attached hydrogen (secondary N) is 1. The van der Waals surface area contributed by atoms with Crippen LogP contribution in [0, 0.1) is 5.41 Å². The zero-order valence-electron chi connectivity index (χ0n) is 9.40. The highest BCUT2D eigenvalue weighted by atomic mass is 19.1. The Balaban J connectivity index is 2.23. The van der Waals surface area contributed by atoms with Crippen LogP contribution in [0.4, 0.5) is 4.39 Å². The molecule has 1 unspecified atom stereocenters. The number of aliphatic imine (C=N–C) groups is 1. The van der Waals surface area contributed by atoms with Gasteiger partial charge >= 0.3 is 12.0 Å². The van der Waals surface area contributed by atoms with Crippen LogP contribution in [-0.2, 0) is 4.74 Å². The Kier molecular flexibility index (Phi) is 2.92. The molecule has 2 heterocycles. The maximum Gasteiger partial charge on any atom is 0.344 e. The summed E-state index contributed by atoms with van der Waals surface area (Å²) in [5.41, 5.74) is -1.18. The second-order valence-corrected chi connectivity index (χ2v) is 4.56. The molecule has 2 aliphatic heterocycles. The first-order chi connectivity index (χ1) is 7.91. The summed E-state index contributed by atoms with van der Waals surface area (Å²) in [7, 11) is 0. The molecule has 7 heteroatoms. The van der Waals surface area contributed by atoms with Crippen LogP contribution in [-0.4, -0.2) is 58.6 Å². The van der Waals surface area contributed by atoms with Gasteiger partial charge in [0.05, 0.1) is 0 Å². The molecule has 0 aromatic heterocycles. The van der Waals surface area contributed by atoms with Gasteiger partial charge in [-0.25, -0.2) is 14.8 Å². The van der Waals surface area contributed by atoms with Gasteiger partial charge in [-0.15, -0.1) is 0 Å². The SMILES string of the molecule is C=NC(=N)OC(O)(O)[C@@]12CCCN1CC(F)C2. The first-order valence-corrected chi connectivity index (χ1v) is 5.49. The van der Waals surface area contributed by atoms with Crippen molar-refractivity contribution in [3.63, 3.8) is 0 Å². The maximum absolute atomic E-state index is 13.4. The third-order valence-corrected chi connectivity index (χ3v) is 3.59. The fraction of sp³-hybridized carbons (Fsp3) is 0.800. The number of ether oxygens (including phenoxy) is 1. The van der Waals surface area contributed by atoms with Crippen molar-refractivity contribution in [3.05, 3.63) is 0 Å². The monoisotopic (exact) mass is 245 g/mol. The minimum Gasteiger partial charge on any atom is -0.405 e. The molecular weight excluding hydrogens is 229 g/mol. The Morgan fingerprint density at radius 3 is 3.00 bits per heavy atom. The molecule has 0 amide bonds. The van der Waals surface area contributed by atoms with E-state index in [9.17, 15) is 14.6 Å². The normalized spacial score (nSPS) is 33.5. The van der Waals surface area contributed by atoms with E-state index in [-0.39, 0.29) is 13.0 Å². The number of aliphatic hydroxyl groups is 2. The number of hydrogen-bond acceptors (Lipinski definition) is 5. The quantitative estimate of drug-likeness (QED) is 0.358. The molecule has 17 heavy (non-hydrogen) atoms. The van der Waals surface area contributed by atoms with Gasteiger partial charge in [0.2, 0.25) is 0 Å². The number of halogens is 1. The summed E-state index contributed by atoms with van der Waals surface area (Å²) in [6.45, 7) is 3.83. The smallest absolute Gasteiger partial charge is 0.344 e. The minimum atomic E-state index is -2.61. The highest BCUT2D eigenvalue weighted by Crippen LogP contribution is 2.46. The van der Waals surface area contributed by atoms with Gasteiger partial charge in [-0.3, -0.25) is 4.90 Å². The first-order valence-electron chi connectivity index (χ1n) is 5.49. The second kappa shape index (κ2) is 4.01. The second-order valence-electron chi connectivity index (χ2n) is 4.56. The summed E-state index contributed by atoms with van der Waals surface area (Å²) in [6, 6.07) is -0.682. The fourth-order valence-corrected chi connectivity index (χ4v) is 2.87. The van der Waals surface area contributed by atoms with Gasteiger partial charge in [-0.05, 0) is 26.1 Å². The molecule has 0 saturated carbocycles. The molecule has 2 saturated heterocycles. The topological polar surface area (TPSA) is 89.1 Å². The Bertz CT molecular complexity index is 350. The van der Waals surface area contributed by atoms with Crippen LogP contribution in [0.15, 0.2) is 4.99 Å². The average Bonchev–Trinajstić information content (AvgIpc) is 2.73. The van der Waals surface area contributed by atoms with E-state index in [4.69, 9.17) is 5.41 Å². The molecule has 2 atom stereocenters. The van der Waals surface area contributed by atoms with Gasteiger partial charge in [-0.1, -0.05) is 0 Å². The van der Waals surface area contributed by atoms with Gasteiger partial charge in [0.1, 0.15) is 11.7 Å². The number of rotatable bonds is 2. The number of nitrogens with zero attached hydrogens (tertiary/aromatic N) is 2. The van der Waals surface area contributed by atoms with Crippen molar-refractivity contribution >= 4 is 12.7 Å². The fourth-order valence-electron chi connectivity index (χ4n) is 2.87. The van der Waals surface area contributed by atoms with E-state index in [1.54, 1.807) is 4.90 Å². The van der Waals surface area contributed by atoms with Crippen molar-refractivity contribution in [1.82, 2.24) is 4.90 Å². The summed E-state index contributed by atoms with van der Waals surface area (Å²) in [4.78, 5) is 4.83. The van der Waals surface area contributed by atoms with Crippen molar-refractivity contribution in [2.24, 2.45) is 4.99 Å². The largest absolute Gasteiger partial charge is 0.405 e. The number of hydrogen-bond donors (Lipinski definition) is 3. The zero-order valence-corrected chi connectivity index (χ0v) is 9.40. The molecule has 2 fully saturated rings. The summed E-state index contributed by atoms with van der Waals surface area (Å²) < 4.78 is 18.1. The predicted octanol–water partition coefficient (Wildman–Crippen LogP) is -0.147. The molecule has 0 bridgehead atoms. The van der Waals surface area contributed by atoms with Crippen LogP contribution in [0.1, 0.15) is 19.3 Å². The zero-order chi connectivity index (χ0) is 12.7. The highest BCUT2D eigenvalue weighted by Gasteiger charge is 2.63. The number of fused-ring (bicyclic) bond motifs is 1. The molecule has 2 rings (SSSR count). The molecule has 0 aromatic rings. The third kappa shape index (κ3) is 1.84. The summed E-state index contributed by atoms with van der Waals surface area (Å²) in [5, 5.41) is 27.2. The van der Waals surface area contributed by atoms with Crippen LogP contribution in [0.25, 0.3) is 0 Å². The first kappa shape index (κ1) is 12.4.